The average Bonchev–Trinajstić information content (AvgIpc) is 3.01. The molecule has 0 aliphatic heterocycles. The van der Waals surface area contributed by atoms with Gasteiger partial charge in [0, 0.05) is 17.4 Å². The number of amides is 1. The van der Waals surface area contributed by atoms with Crippen LogP contribution in [-0.4, -0.2) is 45.6 Å². The second kappa shape index (κ2) is 8.71. The molecule has 7 nitrogen and oxygen atoms in total. The minimum absolute atomic E-state index is 0.0118. The lowest BCUT2D eigenvalue weighted by Crippen LogP contribution is -2.21. The molecule has 0 aliphatic carbocycles. The Kier molecular flexibility index (Phi) is 6.51. The lowest BCUT2D eigenvalue weighted by molar-refractivity contribution is 0.100. The zero-order valence-corrected chi connectivity index (χ0v) is 17.8. The molecule has 2 heterocycles. The molecule has 0 spiro atoms. The molecule has 3 rings (SSSR count). The molecule has 0 saturated carbocycles. The number of carbonyl (C=O) groups excluding carboxylic acids is 1. The summed E-state index contributed by atoms with van der Waals surface area (Å²) in [5.74, 6) is -0.281. The summed E-state index contributed by atoms with van der Waals surface area (Å²) in [6.45, 7) is 0.487. The van der Waals surface area contributed by atoms with Gasteiger partial charge in [0.15, 0.2) is 0 Å². The van der Waals surface area contributed by atoms with E-state index in [1.807, 2.05) is 6.26 Å². The first-order chi connectivity index (χ1) is 13.3. The molecule has 3 aromatic rings. The van der Waals surface area contributed by atoms with Crippen LogP contribution in [0.25, 0.3) is 21.5 Å². The van der Waals surface area contributed by atoms with Crippen LogP contribution in [0.3, 0.4) is 0 Å². The molecular weight excluding hydrogens is 441 g/mol. The molecule has 28 heavy (non-hydrogen) atoms. The van der Waals surface area contributed by atoms with Crippen molar-refractivity contribution < 1.29 is 9.90 Å². The highest BCUT2D eigenvalue weighted by atomic mass is 35.5. The average molecular weight is 458 g/mol. The van der Waals surface area contributed by atoms with Crippen LogP contribution in [0, 0.1) is 0 Å². The monoisotopic (exact) mass is 457 g/mol. The van der Waals surface area contributed by atoms with Gasteiger partial charge in [0.25, 0.3) is 5.91 Å². The number of primary amides is 1. The van der Waals surface area contributed by atoms with E-state index < -0.39 is 5.91 Å². The van der Waals surface area contributed by atoms with Crippen molar-refractivity contribution >= 4 is 74.1 Å². The van der Waals surface area contributed by atoms with Gasteiger partial charge in [-0.1, -0.05) is 29.3 Å². The van der Waals surface area contributed by atoms with Crippen molar-refractivity contribution in [2.24, 2.45) is 5.73 Å². The molecule has 0 bridgehead atoms. The lowest BCUT2D eigenvalue weighted by atomic mass is 10.1. The summed E-state index contributed by atoms with van der Waals surface area (Å²) in [5.41, 5.74) is 13.0. The largest absolute Gasteiger partial charge is 0.397 e. The summed E-state index contributed by atoms with van der Waals surface area (Å²) in [4.78, 5) is 21.5. The Balaban J connectivity index is 2.17. The van der Waals surface area contributed by atoms with E-state index in [-0.39, 0.29) is 22.4 Å². The highest BCUT2D eigenvalue weighted by molar-refractivity contribution is 7.99. The molecule has 1 aromatic carbocycles. The van der Waals surface area contributed by atoms with E-state index in [9.17, 15) is 9.90 Å². The number of hydrogen-bond donors (Lipinski definition) is 4. The number of nitrogens with two attached hydrogens (primary N) is 2. The number of fused-ring (bicyclic) bond motifs is 1. The number of nitrogens with zero attached hydrogens (tertiary/aromatic N) is 2. The number of nitrogen functional groups attached to an aromatic ring is 1. The highest BCUT2D eigenvalue weighted by Crippen LogP contribution is 2.40. The summed E-state index contributed by atoms with van der Waals surface area (Å²) in [6.07, 6.45) is 1.91. The number of aromatic nitrogens is 2. The Labute approximate surface area is 179 Å². The Bertz CT molecular complexity index is 1040. The fourth-order valence-electron chi connectivity index (χ4n) is 2.56. The zero-order chi connectivity index (χ0) is 20.4. The lowest BCUT2D eigenvalue weighted by Gasteiger charge is -2.13. The van der Waals surface area contributed by atoms with Crippen LogP contribution in [0.5, 0.6) is 0 Å². The Hall–Kier alpha value is -1.78. The predicted molar refractivity (Wildman–Crippen MR) is 119 cm³/mol. The fraction of sp³-hybridized carbons (Fsp3) is 0.235. The SMILES string of the molecule is CSC(CO)CNc1nc(-c2ccc(Cl)c(Cl)c2)c2c(N)c(C(N)=O)sc2n1. The number of thiophene rings is 1. The van der Waals surface area contributed by atoms with Crippen molar-refractivity contribution in [2.45, 2.75) is 5.25 Å². The number of anilines is 2. The first-order valence-corrected chi connectivity index (χ1v) is 10.9. The second-order valence-electron chi connectivity index (χ2n) is 5.84. The molecular formula is C17H17Cl2N5O2S2. The van der Waals surface area contributed by atoms with Gasteiger partial charge in [-0.15, -0.1) is 11.3 Å². The maximum Gasteiger partial charge on any atom is 0.260 e. The summed E-state index contributed by atoms with van der Waals surface area (Å²) >= 11 is 14.8. The van der Waals surface area contributed by atoms with E-state index in [0.717, 1.165) is 11.3 Å². The molecule has 1 atom stereocenters. The summed E-state index contributed by atoms with van der Waals surface area (Å²) in [6, 6.07) is 5.10. The van der Waals surface area contributed by atoms with Crippen molar-refractivity contribution in [3.8, 4) is 11.3 Å². The van der Waals surface area contributed by atoms with Crippen LogP contribution < -0.4 is 16.8 Å². The predicted octanol–water partition coefficient (Wildman–Crippen LogP) is 3.48. The number of carbonyl (C=O) groups is 1. The van der Waals surface area contributed by atoms with Crippen LogP contribution in [0.1, 0.15) is 9.67 Å². The van der Waals surface area contributed by atoms with Crippen molar-refractivity contribution in [3.63, 3.8) is 0 Å². The van der Waals surface area contributed by atoms with Crippen molar-refractivity contribution in [2.75, 3.05) is 30.5 Å². The smallest absolute Gasteiger partial charge is 0.260 e. The minimum Gasteiger partial charge on any atom is -0.397 e. The zero-order valence-electron chi connectivity index (χ0n) is 14.7. The molecule has 0 saturated heterocycles. The molecule has 0 aliphatic rings. The number of halogens is 2. The maximum absolute atomic E-state index is 11.7. The van der Waals surface area contributed by atoms with E-state index in [1.165, 1.54) is 11.8 Å². The molecule has 0 radical (unpaired) electrons. The van der Waals surface area contributed by atoms with Gasteiger partial charge in [-0.3, -0.25) is 4.79 Å². The molecule has 0 fully saturated rings. The molecule has 1 unspecified atom stereocenters. The van der Waals surface area contributed by atoms with Crippen molar-refractivity contribution in [3.05, 3.63) is 33.1 Å². The van der Waals surface area contributed by atoms with Crippen molar-refractivity contribution in [1.82, 2.24) is 9.97 Å². The van der Waals surface area contributed by atoms with Gasteiger partial charge >= 0.3 is 0 Å². The first-order valence-electron chi connectivity index (χ1n) is 8.08. The maximum atomic E-state index is 11.7. The van der Waals surface area contributed by atoms with Crippen LogP contribution in [0.2, 0.25) is 10.0 Å². The van der Waals surface area contributed by atoms with Crippen molar-refractivity contribution in [1.29, 1.82) is 0 Å². The van der Waals surface area contributed by atoms with Crippen LogP contribution in [0.4, 0.5) is 11.6 Å². The van der Waals surface area contributed by atoms with Gasteiger partial charge in [0.1, 0.15) is 9.71 Å². The summed E-state index contributed by atoms with van der Waals surface area (Å²) in [5, 5.41) is 13.8. The molecule has 1 amide bonds. The Morgan fingerprint density at radius 2 is 2.11 bits per heavy atom. The number of aliphatic hydroxyl groups is 1. The highest BCUT2D eigenvalue weighted by Gasteiger charge is 2.21. The topological polar surface area (TPSA) is 127 Å². The third-order valence-corrected chi connectivity index (χ3v) is 6.87. The van der Waals surface area contributed by atoms with Gasteiger partial charge in [0.05, 0.1) is 33.4 Å². The van der Waals surface area contributed by atoms with Gasteiger partial charge in [-0.25, -0.2) is 9.97 Å². The quantitative estimate of drug-likeness (QED) is 0.427. The molecule has 148 valence electrons. The van der Waals surface area contributed by atoms with Crippen LogP contribution >= 0.6 is 46.3 Å². The Morgan fingerprint density at radius 1 is 1.36 bits per heavy atom. The van der Waals surface area contributed by atoms with E-state index in [4.69, 9.17) is 34.7 Å². The normalized spacial score (nSPS) is 12.3. The molecule has 11 heteroatoms. The standard InChI is InChI=1S/C17H17Cl2N5O2S2/c1-27-8(6-25)5-22-17-23-13(7-2-3-9(18)10(19)4-7)11-12(20)14(15(21)26)28-16(11)24-17/h2-4,8,25H,5-6,20H2,1H3,(H2,21,26)(H,22,23,24). The molecule has 6 N–H and O–H groups in total. The number of aliphatic hydroxyl groups excluding tert-OH is 1. The number of thioether (sulfide) groups is 1. The fourth-order valence-corrected chi connectivity index (χ4v) is 4.21. The third-order valence-electron chi connectivity index (χ3n) is 4.03. The summed E-state index contributed by atoms with van der Waals surface area (Å²) < 4.78 is 0. The van der Waals surface area contributed by atoms with Gasteiger partial charge in [-0.05, 0) is 18.4 Å². The van der Waals surface area contributed by atoms with Gasteiger partial charge in [-0.2, -0.15) is 11.8 Å². The van der Waals surface area contributed by atoms with Gasteiger partial charge < -0.3 is 21.9 Å². The first kappa shape index (κ1) is 20.9. The van der Waals surface area contributed by atoms with E-state index in [1.54, 1.807) is 18.2 Å². The van der Waals surface area contributed by atoms with Crippen LogP contribution in [0.15, 0.2) is 18.2 Å². The second-order valence-corrected chi connectivity index (χ2v) is 8.79. The number of nitrogens with one attached hydrogen (secondary N) is 1. The number of rotatable bonds is 7. The van der Waals surface area contributed by atoms with E-state index >= 15 is 0 Å². The minimum atomic E-state index is -0.627. The third kappa shape index (κ3) is 4.13. The van der Waals surface area contributed by atoms with Gasteiger partial charge in [0.2, 0.25) is 5.95 Å². The molecule has 2 aromatic heterocycles. The van der Waals surface area contributed by atoms with Crippen LogP contribution in [-0.2, 0) is 0 Å². The summed E-state index contributed by atoms with van der Waals surface area (Å²) in [7, 11) is 0. The Morgan fingerprint density at radius 3 is 2.71 bits per heavy atom. The van der Waals surface area contributed by atoms with E-state index in [2.05, 4.69) is 15.3 Å². The number of hydrogen-bond acceptors (Lipinski definition) is 8. The van der Waals surface area contributed by atoms with E-state index in [0.29, 0.717) is 44.0 Å². The number of benzene rings is 1.